The molecule has 1 rings (SSSR count). The number of anilines is 1. The van der Waals surface area contributed by atoms with E-state index in [1.807, 2.05) is 7.05 Å². The molecule has 0 aromatic heterocycles. The first-order valence-corrected chi connectivity index (χ1v) is 7.59. The summed E-state index contributed by atoms with van der Waals surface area (Å²) >= 11 is 3.56. The average Bonchev–Trinajstić information content (AvgIpc) is 2.37. The molecule has 0 aliphatic rings. The molecule has 0 aliphatic heterocycles. The zero-order valence-electron chi connectivity index (χ0n) is 12.0. The second-order valence-corrected chi connectivity index (χ2v) is 5.77. The first kappa shape index (κ1) is 15.5. The summed E-state index contributed by atoms with van der Waals surface area (Å²) in [5, 5.41) is 3.25. The van der Waals surface area contributed by atoms with Gasteiger partial charge in [0.15, 0.2) is 0 Å². The van der Waals surface area contributed by atoms with Gasteiger partial charge in [-0.1, -0.05) is 36.2 Å². The van der Waals surface area contributed by atoms with Crippen LogP contribution in [0.4, 0.5) is 5.69 Å². The van der Waals surface area contributed by atoms with Crippen LogP contribution in [0, 0.1) is 5.92 Å². The fourth-order valence-corrected chi connectivity index (χ4v) is 2.51. The lowest BCUT2D eigenvalue weighted by Gasteiger charge is -2.28. The Bertz CT molecular complexity index is 366. The third-order valence-corrected chi connectivity index (χ3v) is 3.85. The van der Waals surface area contributed by atoms with E-state index in [-0.39, 0.29) is 0 Å². The molecule has 102 valence electrons. The molecule has 1 unspecified atom stereocenters. The van der Waals surface area contributed by atoms with Crippen LogP contribution in [0.25, 0.3) is 0 Å². The third kappa shape index (κ3) is 4.29. The predicted molar refractivity (Wildman–Crippen MR) is 84.2 cm³/mol. The molecule has 0 heterocycles. The van der Waals surface area contributed by atoms with Gasteiger partial charge in [0, 0.05) is 29.8 Å². The largest absolute Gasteiger partial charge is 0.371 e. The molecule has 3 heteroatoms. The maximum atomic E-state index is 3.56. The molecule has 1 aromatic rings. The Morgan fingerprint density at radius 3 is 2.61 bits per heavy atom. The third-order valence-electron chi connectivity index (χ3n) is 3.36. The smallest absolute Gasteiger partial charge is 0.0412 e. The van der Waals surface area contributed by atoms with Crippen LogP contribution < -0.4 is 10.2 Å². The number of hydrogen-bond donors (Lipinski definition) is 1. The minimum atomic E-state index is 0.732. The molecule has 1 atom stereocenters. The molecule has 0 saturated heterocycles. The Morgan fingerprint density at radius 1 is 1.33 bits per heavy atom. The molecule has 2 nitrogen and oxygen atoms in total. The number of hydrogen-bond acceptors (Lipinski definition) is 2. The van der Waals surface area contributed by atoms with Crippen LogP contribution in [0.3, 0.4) is 0 Å². The van der Waals surface area contributed by atoms with E-state index in [4.69, 9.17) is 0 Å². The summed E-state index contributed by atoms with van der Waals surface area (Å²) in [6.45, 7) is 9.90. The molecule has 18 heavy (non-hydrogen) atoms. The molecule has 0 aliphatic carbocycles. The van der Waals surface area contributed by atoms with Gasteiger partial charge in [-0.25, -0.2) is 0 Å². The topological polar surface area (TPSA) is 15.3 Å². The maximum absolute atomic E-state index is 3.56. The van der Waals surface area contributed by atoms with Crippen molar-refractivity contribution in [3.05, 3.63) is 28.2 Å². The number of rotatable bonds is 7. The normalized spacial score (nSPS) is 12.5. The van der Waals surface area contributed by atoms with Crippen LogP contribution in [0.5, 0.6) is 0 Å². The van der Waals surface area contributed by atoms with Crippen LogP contribution >= 0.6 is 15.9 Å². The zero-order chi connectivity index (χ0) is 13.5. The minimum Gasteiger partial charge on any atom is -0.371 e. The first-order valence-electron chi connectivity index (χ1n) is 6.80. The Kier molecular flexibility index (Phi) is 6.72. The molecule has 1 aromatic carbocycles. The van der Waals surface area contributed by atoms with E-state index in [2.05, 4.69) is 65.1 Å². The highest BCUT2D eigenvalue weighted by atomic mass is 79.9. The molecule has 0 spiro atoms. The van der Waals surface area contributed by atoms with E-state index in [0.29, 0.717) is 0 Å². The van der Waals surface area contributed by atoms with E-state index in [1.165, 1.54) is 17.7 Å². The molecule has 0 fully saturated rings. The van der Waals surface area contributed by atoms with Gasteiger partial charge in [0.25, 0.3) is 0 Å². The summed E-state index contributed by atoms with van der Waals surface area (Å²) in [5.41, 5.74) is 2.72. The van der Waals surface area contributed by atoms with Gasteiger partial charge in [-0.3, -0.25) is 0 Å². The van der Waals surface area contributed by atoms with Crippen LogP contribution in [-0.4, -0.2) is 20.1 Å². The molecule has 0 bridgehead atoms. The molecular weight excluding hydrogens is 288 g/mol. The van der Waals surface area contributed by atoms with E-state index in [9.17, 15) is 0 Å². The van der Waals surface area contributed by atoms with E-state index in [1.54, 1.807) is 0 Å². The van der Waals surface area contributed by atoms with Crippen molar-refractivity contribution in [2.24, 2.45) is 5.92 Å². The average molecular weight is 313 g/mol. The van der Waals surface area contributed by atoms with Gasteiger partial charge in [0.2, 0.25) is 0 Å². The Balaban J connectivity index is 2.96. The number of benzene rings is 1. The fraction of sp³-hybridized carbons (Fsp3) is 0.600. The predicted octanol–water partition coefficient (Wildman–Crippen LogP) is 4.04. The summed E-state index contributed by atoms with van der Waals surface area (Å²) in [4.78, 5) is 2.48. The SMILES string of the molecule is CCC(C)CN(CC)c1ccc(Br)cc1CNC. The number of nitrogens with zero attached hydrogens (tertiary/aromatic N) is 1. The van der Waals surface area contributed by atoms with Crippen LogP contribution in [0.1, 0.15) is 32.8 Å². The summed E-state index contributed by atoms with van der Waals surface area (Å²) < 4.78 is 1.15. The molecule has 1 N–H and O–H groups in total. The van der Waals surface area contributed by atoms with Crippen molar-refractivity contribution in [2.45, 2.75) is 33.7 Å². The highest BCUT2D eigenvalue weighted by Crippen LogP contribution is 2.25. The van der Waals surface area contributed by atoms with E-state index >= 15 is 0 Å². The molecule has 0 saturated carbocycles. The number of nitrogens with one attached hydrogen (secondary N) is 1. The lowest BCUT2D eigenvalue weighted by Crippen LogP contribution is -2.29. The van der Waals surface area contributed by atoms with Gasteiger partial charge in [-0.2, -0.15) is 0 Å². The van der Waals surface area contributed by atoms with E-state index < -0.39 is 0 Å². The highest BCUT2D eigenvalue weighted by molar-refractivity contribution is 9.10. The number of halogens is 1. The van der Waals surface area contributed by atoms with Crippen molar-refractivity contribution in [2.75, 3.05) is 25.0 Å². The van der Waals surface area contributed by atoms with Gasteiger partial charge < -0.3 is 10.2 Å². The van der Waals surface area contributed by atoms with Crippen LogP contribution in [0.15, 0.2) is 22.7 Å². The Labute approximate surface area is 120 Å². The van der Waals surface area contributed by atoms with Crippen molar-refractivity contribution < 1.29 is 0 Å². The van der Waals surface area contributed by atoms with Crippen molar-refractivity contribution in [3.63, 3.8) is 0 Å². The molecule has 0 radical (unpaired) electrons. The van der Waals surface area contributed by atoms with Gasteiger partial charge >= 0.3 is 0 Å². The monoisotopic (exact) mass is 312 g/mol. The second kappa shape index (κ2) is 7.80. The standard InChI is InChI=1S/C15H25BrN2/c1-5-12(3)11-18(6-2)15-8-7-14(16)9-13(15)10-17-4/h7-9,12,17H,5-6,10-11H2,1-4H3. The quantitative estimate of drug-likeness (QED) is 0.817. The summed E-state index contributed by atoms with van der Waals surface area (Å²) in [6.07, 6.45) is 1.23. The van der Waals surface area contributed by atoms with Crippen molar-refractivity contribution in [3.8, 4) is 0 Å². The van der Waals surface area contributed by atoms with E-state index in [0.717, 1.165) is 30.0 Å². The minimum absolute atomic E-state index is 0.732. The van der Waals surface area contributed by atoms with Gasteiger partial charge in [-0.05, 0) is 43.7 Å². The summed E-state index contributed by atoms with van der Waals surface area (Å²) in [5.74, 6) is 0.732. The fourth-order valence-electron chi connectivity index (χ4n) is 2.10. The summed E-state index contributed by atoms with van der Waals surface area (Å²) in [7, 11) is 2.00. The zero-order valence-corrected chi connectivity index (χ0v) is 13.5. The van der Waals surface area contributed by atoms with Gasteiger partial charge in [0.05, 0.1) is 0 Å². The molecular formula is C15H25BrN2. The Morgan fingerprint density at radius 2 is 2.06 bits per heavy atom. The van der Waals surface area contributed by atoms with Crippen molar-refractivity contribution in [1.29, 1.82) is 0 Å². The van der Waals surface area contributed by atoms with Gasteiger partial charge in [0.1, 0.15) is 0 Å². The van der Waals surface area contributed by atoms with Gasteiger partial charge in [-0.15, -0.1) is 0 Å². The van der Waals surface area contributed by atoms with Crippen molar-refractivity contribution >= 4 is 21.6 Å². The lowest BCUT2D eigenvalue weighted by atomic mass is 10.1. The Hall–Kier alpha value is -0.540. The van der Waals surface area contributed by atoms with Crippen LogP contribution in [-0.2, 0) is 6.54 Å². The maximum Gasteiger partial charge on any atom is 0.0412 e. The highest BCUT2D eigenvalue weighted by Gasteiger charge is 2.12. The second-order valence-electron chi connectivity index (χ2n) is 4.86. The van der Waals surface area contributed by atoms with Crippen molar-refractivity contribution in [1.82, 2.24) is 5.32 Å². The molecule has 0 amide bonds. The lowest BCUT2D eigenvalue weighted by molar-refractivity contribution is 0.547. The summed E-state index contributed by atoms with van der Waals surface area (Å²) in [6, 6.07) is 6.57. The first-order chi connectivity index (χ1) is 8.62. The van der Waals surface area contributed by atoms with Crippen LogP contribution in [0.2, 0.25) is 0 Å².